The Morgan fingerprint density at radius 1 is 1.31 bits per heavy atom. The van der Waals surface area contributed by atoms with Crippen molar-refractivity contribution in [1.82, 2.24) is 25.2 Å². The van der Waals surface area contributed by atoms with E-state index in [0.29, 0.717) is 10.3 Å². The molecule has 0 atom stereocenters. The number of benzene rings is 1. The molecule has 0 radical (unpaired) electrons. The van der Waals surface area contributed by atoms with Crippen LogP contribution in [0.15, 0.2) is 29.4 Å². The number of hydrogen-bond acceptors (Lipinski definition) is 7. The number of nitrogens with one attached hydrogen (secondary N) is 1. The van der Waals surface area contributed by atoms with Crippen LogP contribution in [0.4, 0.5) is 9.52 Å². The third kappa shape index (κ3) is 3.61. The van der Waals surface area contributed by atoms with Crippen molar-refractivity contribution >= 4 is 34.1 Å². The van der Waals surface area contributed by atoms with Crippen molar-refractivity contribution in [3.05, 3.63) is 40.7 Å². The summed E-state index contributed by atoms with van der Waals surface area (Å²) in [5.74, 6) is -0.511. The van der Waals surface area contributed by atoms with Crippen LogP contribution in [0.3, 0.4) is 0 Å². The van der Waals surface area contributed by atoms with E-state index in [2.05, 4.69) is 25.8 Å². The number of rotatable bonds is 5. The summed E-state index contributed by atoms with van der Waals surface area (Å²) in [4.78, 5) is 18.0. The Hall–Kier alpha value is -2.33. The molecule has 7 nitrogen and oxygen atoms in total. The van der Waals surface area contributed by atoms with Gasteiger partial charge in [-0.05, 0) is 48.2 Å². The molecule has 0 spiro atoms. The van der Waals surface area contributed by atoms with Crippen molar-refractivity contribution < 1.29 is 9.18 Å². The first kappa shape index (κ1) is 17.1. The molecule has 1 aromatic carbocycles. The number of amides is 1. The van der Waals surface area contributed by atoms with Crippen LogP contribution in [0.25, 0.3) is 5.69 Å². The van der Waals surface area contributed by atoms with Gasteiger partial charge in [0.2, 0.25) is 11.1 Å². The number of halogens is 1. The van der Waals surface area contributed by atoms with Gasteiger partial charge in [-0.3, -0.25) is 4.79 Å². The number of fused-ring (bicyclic) bond motifs is 1. The average molecular weight is 390 g/mol. The number of thiazole rings is 1. The van der Waals surface area contributed by atoms with Gasteiger partial charge in [-0.1, -0.05) is 23.9 Å². The Bertz CT molecular complexity index is 917. The molecule has 1 amide bonds. The lowest BCUT2D eigenvalue weighted by Gasteiger charge is -2.06. The SMILES string of the molecule is O=C(CSc1nnnn1-c1ccccc1F)Nc1nc2c(s1)CCCC2. The fourth-order valence-electron chi connectivity index (χ4n) is 2.73. The number of nitrogens with zero attached hydrogens (tertiary/aromatic N) is 5. The molecular formula is C16H15FN6OS2. The van der Waals surface area contributed by atoms with Gasteiger partial charge in [0.15, 0.2) is 5.13 Å². The summed E-state index contributed by atoms with van der Waals surface area (Å²) in [6.07, 6.45) is 4.35. The van der Waals surface area contributed by atoms with Crippen molar-refractivity contribution in [2.24, 2.45) is 0 Å². The van der Waals surface area contributed by atoms with Crippen LogP contribution < -0.4 is 5.32 Å². The van der Waals surface area contributed by atoms with Crippen molar-refractivity contribution in [2.45, 2.75) is 30.8 Å². The molecular weight excluding hydrogens is 375 g/mol. The number of tetrazole rings is 1. The number of carbonyl (C=O) groups is 1. The fourth-order valence-corrected chi connectivity index (χ4v) is 4.48. The standard InChI is InChI=1S/C16H15FN6OS2/c17-10-5-1-3-7-12(10)23-16(20-21-22-23)25-9-14(24)19-15-18-11-6-2-4-8-13(11)26-15/h1,3,5,7H,2,4,6,8-9H2,(H,18,19,24). The van der Waals surface area contributed by atoms with Gasteiger partial charge in [0, 0.05) is 4.88 Å². The van der Waals surface area contributed by atoms with Gasteiger partial charge in [0.25, 0.3) is 0 Å². The largest absolute Gasteiger partial charge is 0.301 e. The highest BCUT2D eigenvalue weighted by molar-refractivity contribution is 7.99. The molecule has 0 fully saturated rings. The second-order valence-corrected chi connectivity index (χ2v) is 7.78. The molecule has 0 aliphatic heterocycles. The summed E-state index contributed by atoms with van der Waals surface area (Å²) < 4.78 is 15.2. The van der Waals surface area contributed by atoms with Gasteiger partial charge in [0.1, 0.15) is 11.5 Å². The van der Waals surface area contributed by atoms with Crippen molar-refractivity contribution in [3.8, 4) is 5.69 Å². The predicted molar refractivity (Wildman–Crippen MR) is 97.2 cm³/mol. The van der Waals surface area contributed by atoms with Crippen LogP contribution in [0.2, 0.25) is 0 Å². The molecule has 26 heavy (non-hydrogen) atoms. The van der Waals surface area contributed by atoms with Crippen LogP contribution in [0.5, 0.6) is 0 Å². The first-order chi connectivity index (χ1) is 12.7. The maximum absolute atomic E-state index is 13.9. The van der Waals surface area contributed by atoms with Crippen molar-refractivity contribution in [1.29, 1.82) is 0 Å². The maximum Gasteiger partial charge on any atom is 0.236 e. The molecule has 1 N–H and O–H groups in total. The van der Waals surface area contributed by atoms with E-state index in [9.17, 15) is 9.18 Å². The van der Waals surface area contributed by atoms with Crippen molar-refractivity contribution in [2.75, 3.05) is 11.1 Å². The second-order valence-electron chi connectivity index (χ2n) is 5.76. The molecule has 0 saturated carbocycles. The summed E-state index contributed by atoms with van der Waals surface area (Å²) in [5.41, 5.74) is 1.35. The zero-order chi connectivity index (χ0) is 17.9. The van der Waals surface area contributed by atoms with Gasteiger partial charge >= 0.3 is 0 Å². The van der Waals surface area contributed by atoms with Gasteiger partial charge in [-0.15, -0.1) is 16.4 Å². The van der Waals surface area contributed by atoms with E-state index in [-0.39, 0.29) is 17.3 Å². The molecule has 1 aliphatic rings. The monoisotopic (exact) mass is 390 g/mol. The zero-order valence-corrected chi connectivity index (χ0v) is 15.3. The zero-order valence-electron chi connectivity index (χ0n) is 13.7. The van der Waals surface area contributed by atoms with Gasteiger partial charge in [-0.25, -0.2) is 9.37 Å². The third-order valence-electron chi connectivity index (χ3n) is 3.95. The minimum absolute atomic E-state index is 0.110. The smallest absolute Gasteiger partial charge is 0.236 e. The normalized spacial score (nSPS) is 13.4. The highest BCUT2D eigenvalue weighted by Crippen LogP contribution is 2.29. The molecule has 3 aromatic rings. The summed E-state index contributed by atoms with van der Waals surface area (Å²) in [6, 6.07) is 6.21. The fraction of sp³-hybridized carbons (Fsp3) is 0.312. The topological polar surface area (TPSA) is 85.6 Å². The minimum atomic E-state index is -0.431. The Labute approximate surface area is 157 Å². The number of carbonyl (C=O) groups excluding carboxylic acids is 1. The van der Waals surface area contributed by atoms with E-state index in [4.69, 9.17) is 0 Å². The summed E-state index contributed by atoms with van der Waals surface area (Å²) >= 11 is 2.69. The van der Waals surface area contributed by atoms with Crippen LogP contribution in [-0.4, -0.2) is 36.9 Å². The van der Waals surface area contributed by atoms with E-state index >= 15 is 0 Å². The quantitative estimate of drug-likeness (QED) is 0.674. The van der Waals surface area contributed by atoms with E-state index in [1.54, 1.807) is 29.5 Å². The van der Waals surface area contributed by atoms with Crippen LogP contribution >= 0.6 is 23.1 Å². The predicted octanol–water partition coefficient (Wildman–Crippen LogP) is 2.87. The van der Waals surface area contributed by atoms with Gasteiger partial charge in [0.05, 0.1) is 11.4 Å². The van der Waals surface area contributed by atoms with Crippen LogP contribution in [0, 0.1) is 5.82 Å². The van der Waals surface area contributed by atoms with E-state index < -0.39 is 5.82 Å². The van der Waals surface area contributed by atoms with Gasteiger partial charge < -0.3 is 5.32 Å². The molecule has 10 heteroatoms. The molecule has 134 valence electrons. The Balaban J connectivity index is 1.40. The number of anilines is 1. The number of hydrogen-bond donors (Lipinski definition) is 1. The third-order valence-corrected chi connectivity index (χ3v) is 5.94. The Kier molecular flexibility index (Phi) is 4.93. The van der Waals surface area contributed by atoms with E-state index in [1.165, 1.54) is 22.0 Å². The highest BCUT2D eigenvalue weighted by Gasteiger charge is 2.18. The van der Waals surface area contributed by atoms with Gasteiger partial charge in [-0.2, -0.15) is 4.68 Å². The lowest BCUT2D eigenvalue weighted by Crippen LogP contribution is -2.14. The van der Waals surface area contributed by atoms with Crippen LogP contribution in [0.1, 0.15) is 23.4 Å². The number of para-hydroxylation sites is 1. The molecule has 0 bridgehead atoms. The lowest BCUT2D eigenvalue weighted by molar-refractivity contribution is -0.113. The van der Waals surface area contributed by atoms with E-state index in [0.717, 1.165) is 36.7 Å². The molecule has 2 aromatic heterocycles. The number of thioether (sulfide) groups is 1. The van der Waals surface area contributed by atoms with Crippen molar-refractivity contribution in [3.63, 3.8) is 0 Å². The first-order valence-corrected chi connectivity index (χ1v) is 9.95. The number of aryl methyl sites for hydroxylation is 2. The Morgan fingerprint density at radius 2 is 2.15 bits per heavy atom. The second kappa shape index (κ2) is 7.50. The van der Waals surface area contributed by atoms with Crippen LogP contribution in [-0.2, 0) is 17.6 Å². The number of aromatic nitrogens is 5. The molecule has 0 unspecified atom stereocenters. The minimum Gasteiger partial charge on any atom is -0.301 e. The average Bonchev–Trinajstić information content (AvgIpc) is 3.26. The summed E-state index contributed by atoms with van der Waals surface area (Å²) in [5, 5.41) is 15.1. The molecule has 1 aliphatic carbocycles. The summed E-state index contributed by atoms with van der Waals surface area (Å²) in [7, 11) is 0. The maximum atomic E-state index is 13.9. The molecule has 4 rings (SSSR count). The summed E-state index contributed by atoms with van der Waals surface area (Å²) in [6.45, 7) is 0. The highest BCUT2D eigenvalue weighted by atomic mass is 32.2. The first-order valence-electron chi connectivity index (χ1n) is 8.15. The van der Waals surface area contributed by atoms with E-state index in [1.807, 2.05) is 0 Å². The Morgan fingerprint density at radius 3 is 3.00 bits per heavy atom. The lowest BCUT2D eigenvalue weighted by atomic mass is 10.0. The molecule has 2 heterocycles. The molecule has 0 saturated heterocycles.